The molecule has 8 heteroatoms. The summed E-state index contributed by atoms with van der Waals surface area (Å²) in [6, 6.07) is 14.5. The van der Waals surface area contributed by atoms with Crippen LogP contribution >= 0.6 is 34.2 Å². The van der Waals surface area contributed by atoms with Gasteiger partial charge in [-0.15, -0.1) is 0 Å². The fourth-order valence-electron chi connectivity index (χ4n) is 2.58. The number of rotatable bonds is 8. The van der Waals surface area contributed by atoms with Gasteiger partial charge in [-0.05, 0) is 84.0 Å². The van der Waals surface area contributed by atoms with Gasteiger partial charge in [-0.25, -0.2) is 5.43 Å². The molecule has 1 heterocycles. The highest BCUT2D eigenvalue weighted by molar-refractivity contribution is 14.1. The summed E-state index contributed by atoms with van der Waals surface area (Å²) in [5, 5.41) is 4.69. The van der Waals surface area contributed by atoms with Crippen LogP contribution in [0.4, 0.5) is 0 Å². The van der Waals surface area contributed by atoms with E-state index in [4.69, 9.17) is 25.5 Å². The van der Waals surface area contributed by atoms with Gasteiger partial charge in [0.25, 0.3) is 0 Å². The summed E-state index contributed by atoms with van der Waals surface area (Å²) in [4.78, 5) is 12.0. The maximum absolute atomic E-state index is 12.0. The van der Waals surface area contributed by atoms with Crippen molar-refractivity contribution in [3.63, 3.8) is 0 Å². The quantitative estimate of drug-likeness (QED) is 0.231. The molecule has 2 aromatic carbocycles. The van der Waals surface area contributed by atoms with Crippen molar-refractivity contribution in [1.82, 2.24) is 5.43 Å². The molecule has 0 unspecified atom stereocenters. The van der Waals surface area contributed by atoms with Crippen LogP contribution in [-0.2, 0) is 6.61 Å². The molecule has 0 radical (unpaired) electrons. The maximum Gasteiger partial charge on any atom is 0.307 e. The second-order valence-corrected chi connectivity index (χ2v) is 7.89. The van der Waals surface area contributed by atoms with Gasteiger partial charge in [0.2, 0.25) is 0 Å². The number of halogens is 2. The van der Waals surface area contributed by atoms with Gasteiger partial charge in [-0.1, -0.05) is 23.7 Å². The maximum atomic E-state index is 12.0. The summed E-state index contributed by atoms with van der Waals surface area (Å²) < 4.78 is 17.9. The first-order valence-electron chi connectivity index (χ1n) is 9.19. The minimum atomic E-state index is -0.415. The highest BCUT2D eigenvalue weighted by Gasteiger charge is 2.13. The molecule has 1 aromatic heterocycles. The highest BCUT2D eigenvalue weighted by Crippen LogP contribution is 2.34. The highest BCUT2D eigenvalue weighted by atomic mass is 127. The minimum absolute atomic E-state index is 0.209. The summed E-state index contributed by atoms with van der Waals surface area (Å²) in [5.74, 6) is 1.71. The number of ether oxygens (including phenoxy) is 2. The Balaban J connectivity index is 1.71. The van der Waals surface area contributed by atoms with Crippen LogP contribution in [0.2, 0.25) is 5.02 Å². The predicted molar refractivity (Wildman–Crippen MR) is 125 cm³/mol. The lowest BCUT2D eigenvalue weighted by atomic mass is 10.2. The van der Waals surface area contributed by atoms with Crippen molar-refractivity contribution in [1.29, 1.82) is 0 Å². The molecule has 0 saturated carbocycles. The fourth-order valence-corrected chi connectivity index (χ4v) is 3.49. The second-order valence-electron chi connectivity index (χ2n) is 6.29. The molecule has 156 valence electrons. The Morgan fingerprint density at radius 2 is 1.97 bits per heavy atom. The van der Waals surface area contributed by atoms with Gasteiger partial charge in [0, 0.05) is 5.02 Å². The first-order valence-corrected chi connectivity index (χ1v) is 10.7. The fraction of sp³-hybridized carbons (Fsp3) is 0.182. The molecule has 0 atom stereocenters. The molecular weight excluding hydrogens is 519 g/mol. The van der Waals surface area contributed by atoms with Crippen LogP contribution in [0, 0.1) is 10.5 Å². The van der Waals surface area contributed by atoms with E-state index in [1.54, 1.807) is 25.3 Å². The zero-order valence-corrected chi connectivity index (χ0v) is 19.4. The third-order valence-corrected chi connectivity index (χ3v) is 5.03. The Hall–Kier alpha value is -2.52. The number of hydrogen-bond acceptors (Lipinski definition) is 5. The van der Waals surface area contributed by atoms with E-state index in [1.807, 2.05) is 43.3 Å². The van der Waals surface area contributed by atoms with Gasteiger partial charge in [-0.3, -0.25) is 4.79 Å². The van der Waals surface area contributed by atoms with Gasteiger partial charge in [0.1, 0.15) is 12.4 Å². The summed E-state index contributed by atoms with van der Waals surface area (Å²) in [6.45, 7) is 4.55. The molecule has 0 saturated heterocycles. The molecule has 3 aromatic rings. The van der Waals surface area contributed by atoms with Crippen LogP contribution in [0.25, 0.3) is 0 Å². The Bertz CT molecular complexity index is 1050. The van der Waals surface area contributed by atoms with E-state index in [0.29, 0.717) is 35.5 Å². The zero-order chi connectivity index (χ0) is 21.5. The second kappa shape index (κ2) is 10.5. The minimum Gasteiger partial charge on any atom is -0.490 e. The van der Waals surface area contributed by atoms with Crippen LogP contribution in [0.1, 0.15) is 34.4 Å². The van der Waals surface area contributed by atoms with E-state index in [1.165, 1.54) is 0 Å². The van der Waals surface area contributed by atoms with Crippen molar-refractivity contribution in [2.45, 2.75) is 20.5 Å². The Kier molecular flexibility index (Phi) is 7.75. The van der Waals surface area contributed by atoms with Crippen LogP contribution in [0.15, 0.2) is 58.0 Å². The molecule has 1 N–H and O–H groups in total. The molecular formula is C22H20ClIN2O4. The van der Waals surface area contributed by atoms with Crippen molar-refractivity contribution in [2.24, 2.45) is 5.10 Å². The summed E-state index contributed by atoms with van der Waals surface area (Å²) in [5.41, 5.74) is 4.21. The number of hydrogen-bond donors (Lipinski definition) is 1. The summed E-state index contributed by atoms with van der Waals surface area (Å²) in [6.07, 6.45) is 1.54. The van der Waals surface area contributed by atoms with Crippen LogP contribution in [0.3, 0.4) is 0 Å². The summed E-state index contributed by atoms with van der Waals surface area (Å²) in [7, 11) is 0. The first-order chi connectivity index (χ1) is 14.5. The molecule has 30 heavy (non-hydrogen) atoms. The molecule has 0 bridgehead atoms. The number of carbonyl (C=O) groups excluding carboxylic acids is 1. The van der Waals surface area contributed by atoms with E-state index in [9.17, 15) is 4.79 Å². The lowest BCUT2D eigenvalue weighted by molar-refractivity contribution is 0.0926. The van der Waals surface area contributed by atoms with E-state index < -0.39 is 5.91 Å². The third kappa shape index (κ3) is 5.99. The lowest BCUT2D eigenvalue weighted by Gasteiger charge is -2.14. The zero-order valence-electron chi connectivity index (χ0n) is 16.4. The number of hydrazone groups is 1. The molecule has 3 rings (SSSR count). The number of benzene rings is 2. The molecule has 0 aliphatic rings. The van der Waals surface area contributed by atoms with Gasteiger partial charge in [-0.2, -0.15) is 5.10 Å². The number of carbonyl (C=O) groups is 1. The Labute approximate surface area is 193 Å². The Morgan fingerprint density at radius 1 is 1.20 bits per heavy atom. The average Bonchev–Trinajstić information content (AvgIpc) is 3.15. The number of aryl methyl sites for hydroxylation is 1. The Morgan fingerprint density at radius 3 is 2.63 bits per heavy atom. The van der Waals surface area contributed by atoms with E-state index in [2.05, 4.69) is 33.1 Å². The monoisotopic (exact) mass is 538 g/mol. The standard InChI is InChI=1S/C22H20ClIN2O4/c1-3-28-20-11-16(12-25-26-22(27)19-9-4-14(2)30-19)10-18(24)21(20)29-13-15-5-7-17(23)8-6-15/h4-12H,3,13H2,1-2H3,(H,26,27)/b25-12-. The van der Waals surface area contributed by atoms with Crippen molar-refractivity contribution in [3.8, 4) is 11.5 Å². The van der Waals surface area contributed by atoms with Crippen LogP contribution in [0.5, 0.6) is 11.5 Å². The largest absolute Gasteiger partial charge is 0.490 e. The molecule has 0 fully saturated rings. The molecule has 0 spiro atoms. The van der Waals surface area contributed by atoms with Crippen molar-refractivity contribution < 1.29 is 18.7 Å². The van der Waals surface area contributed by atoms with E-state index in [0.717, 1.165) is 14.7 Å². The van der Waals surface area contributed by atoms with Crippen molar-refractivity contribution >= 4 is 46.3 Å². The van der Waals surface area contributed by atoms with Gasteiger partial charge < -0.3 is 13.9 Å². The van der Waals surface area contributed by atoms with Crippen LogP contribution < -0.4 is 14.9 Å². The lowest BCUT2D eigenvalue weighted by Crippen LogP contribution is -2.16. The molecule has 1 amide bonds. The van der Waals surface area contributed by atoms with Crippen LogP contribution in [-0.4, -0.2) is 18.7 Å². The first kappa shape index (κ1) is 22.2. The smallest absolute Gasteiger partial charge is 0.307 e. The van der Waals surface area contributed by atoms with Crippen molar-refractivity contribution in [3.05, 3.63) is 79.8 Å². The van der Waals surface area contributed by atoms with E-state index >= 15 is 0 Å². The number of amides is 1. The molecule has 6 nitrogen and oxygen atoms in total. The number of furan rings is 1. The average molecular weight is 539 g/mol. The van der Waals surface area contributed by atoms with Crippen molar-refractivity contribution in [2.75, 3.05) is 6.61 Å². The number of nitrogens with one attached hydrogen (secondary N) is 1. The normalized spacial score (nSPS) is 10.9. The number of nitrogens with zero attached hydrogens (tertiary/aromatic N) is 1. The molecule has 0 aliphatic heterocycles. The topological polar surface area (TPSA) is 73.1 Å². The molecule has 0 aliphatic carbocycles. The van der Waals surface area contributed by atoms with Gasteiger partial charge >= 0.3 is 5.91 Å². The van der Waals surface area contributed by atoms with Gasteiger partial charge in [0.05, 0.1) is 16.4 Å². The SMILES string of the molecule is CCOc1cc(/C=N\NC(=O)c2ccc(C)o2)cc(I)c1OCc1ccc(Cl)cc1. The third-order valence-electron chi connectivity index (χ3n) is 3.97. The van der Waals surface area contributed by atoms with Gasteiger partial charge in [0.15, 0.2) is 17.3 Å². The summed E-state index contributed by atoms with van der Waals surface area (Å²) >= 11 is 8.12. The predicted octanol–water partition coefficient (Wildman–Crippen LogP) is 5.59. The van der Waals surface area contributed by atoms with E-state index in [-0.39, 0.29) is 5.76 Å².